The minimum atomic E-state index is -0.772. The molecule has 4 nitrogen and oxygen atoms in total. The van der Waals surface area contributed by atoms with E-state index in [0.29, 0.717) is 24.5 Å². The van der Waals surface area contributed by atoms with Gasteiger partial charge >= 0.3 is 0 Å². The summed E-state index contributed by atoms with van der Waals surface area (Å²) in [6.45, 7) is 1.15. The summed E-state index contributed by atoms with van der Waals surface area (Å²) >= 11 is 0. The zero-order valence-electron chi connectivity index (χ0n) is 7.45. The Labute approximate surface area is 76.6 Å². The number of hydrogen-bond acceptors (Lipinski definition) is 4. The average Bonchev–Trinajstić information content (AvgIpc) is 2.14. The Morgan fingerprint density at radius 3 is 2.69 bits per heavy atom. The lowest BCUT2D eigenvalue weighted by Crippen LogP contribution is -2.57. The first-order valence-corrected chi connectivity index (χ1v) is 4.18. The van der Waals surface area contributed by atoms with Crippen molar-refractivity contribution in [1.29, 1.82) is 0 Å². The predicted octanol–water partition coefficient (Wildman–Crippen LogP) is -0.119. The van der Waals surface area contributed by atoms with Crippen LogP contribution < -0.4 is 10.1 Å². The van der Waals surface area contributed by atoms with E-state index in [0.717, 1.165) is 0 Å². The maximum absolute atomic E-state index is 9.88. The predicted molar refractivity (Wildman–Crippen MR) is 47.6 cm³/mol. The first kappa shape index (κ1) is 8.47. The molecule has 2 N–H and O–H groups in total. The van der Waals surface area contributed by atoms with E-state index in [2.05, 4.69) is 10.3 Å². The van der Waals surface area contributed by atoms with Crippen LogP contribution in [0.15, 0.2) is 18.3 Å². The molecule has 1 aliphatic rings. The highest BCUT2D eigenvalue weighted by Gasteiger charge is 2.37. The number of β-amino-alcohol motifs (C(OH)–C–C–N with tert-alkyl or cyclic N) is 1. The maximum atomic E-state index is 9.88. The molecule has 1 aromatic rings. The standard InChI is InChI=1S/C9H12N2O2/c1-13-7-2-3-8(11-4-7)9(12)5-10-6-9/h2-4,10,12H,5-6H2,1H3. The van der Waals surface area contributed by atoms with Crippen LogP contribution in [-0.4, -0.2) is 30.3 Å². The lowest BCUT2D eigenvalue weighted by molar-refractivity contribution is -0.0186. The van der Waals surface area contributed by atoms with Crippen LogP contribution in [0.25, 0.3) is 0 Å². The van der Waals surface area contributed by atoms with Gasteiger partial charge in [0.1, 0.15) is 11.4 Å². The summed E-state index contributed by atoms with van der Waals surface area (Å²) in [5, 5.41) is 12.9. The summed E-state index contributed by atoms with van der Waals surface area (Å²) in [6.07, 6.45) is 1.62. The Balaban J connectivity index is 2.22. The number of rotatable bonds is 2. The quantitative estimate of drug-likeness (QED) is 0.666. The molecule has 2 rings (SSSR count). The second-order valence-corrected chi connectivity index (χ2v) is 3.22. The molecule has 0 bridgehead atoms. The number of hydrogen-bond donors (Lipinski definition) is 2. The molecule has 70 valence electrons. The normalized spacial score (nSPS) is 19.2. The van der Waals surface area contributed by atoms with Crippen LogP contribution in [0.5, 0.6) is 5.75 Å². The van der Waals surface area contributed by atoms with Gasteiger partial charge in [0.2, 0.25) is 0 Å². The third kappa shape index (κ3) is 1.38. The molecule has 0 atom stereocenters. The van der Waals surface area contributed by atoms with Crippen molar-refractivity contribution in [2.45, 2.75) is 5.60 Å². The molecule has 4 heteroatoms. The highest BCUT2D eigenvalue weighted by atomic mass is 16.5. The Hall–Kier alpha value is -1.13. The molecule has 0 amide bonds. The molecule has 0 aliphatic carbocycles. The number of aromatic nitrogens is 1. The zero-order valence-corrected chi connectivity index (χ0v) is 7.45. The molecule has 0 unspecified atom stereocenters. The van der Waals surface area contributed by atoms with Crippen LogP contribution in [0.4, 0.5) is 0 Å². The fourth-order valence-corrected chi connectivity index (χ4v) is 1.32. The summed E-state index contributed by atoms with van der Waals surface area (Å²) in [6, 6.07) is 3.60. The third-order valence-corrected chi connectivity index (χ3v) is 2.28. The van der Waals surface area contributed by atoms with Crippen LogP contribution in [0, 0.1) is 0 Å². The van der Waals surface area contributed by atoms with Crippen LogP contribution in [-0.2, 0) is 5.60 Å². The fourth-order valence-electron chi connectivity index (χ4n) is 1.32. The SMILES string of the molecule is COc1ccc(C2(O)CNC2)nc1. The Morgan fingerprint density at radius 1 is 1.54 bits per heavy atom. The van der Waals surface area contributed by atoms with Gasteiger partial charge in [-0.25, -0.2) is 0 Å². The smallest absolute Gasteiger partial charge is 0.137 e. The summed E-state index contributed by atoms with van der Waals surface area (Å²) in [5.74, 6) is 0.708. The van der Waals surface area contributed by atoms with Gasteiger partial charge in [-0.2, -0.15) is 0 Å². The molecule has 2 heterocycles. The van der Waals surface area contributed by atoms with Crippen molar-refractivity contribution in [3.63, 3.8) is 0 Å². The summed E-state index contributed by atoms with van der Waals surface area (Å²) in [7, 11) is 1.59. The number of nitrogens with zero attached hydrogens (tertiary/aromatic N) is 1. The molecule has 0 radical (unpaired) electrons. The van der Waals surface area contributed by atoms with E-state index < -0.39 is 5.60 Å². The van der Waals surface area contributed by atoms with E-state index in [1.165, 1.54) is 0 Å². The molecule has 1 aliphatic heterocycles. The van der Waals surface area contributed by atoms with E-state index in [4.69, 9.17) is 4.74 Å². The van der Waals surface area contributed by atoms with Gasteiger partial charge in [-0.05, 0) is 12.1 Å². The molecule has 1 aromatic heterocycles. The number of ether oxygens (including phenoxy) is 1. The van der Waals surface area contributed by atoms with E-state index in [1.54, 1.807) is 25.4 Å². The minimum Gasteiger partial charge on any atom is -0.495 e. The van der Waals surface area contributed by atoms with Gasteiger partial charge in [-0.3, -0.25) is 4.98 Å². The van der Waals surface area contributed by atoms with Gasteiger partial charge in [0.05, 0.1) is 19.0 Å². The number of nitrogens with one attached hydrogen (secondary N) is 1. The molecule has 0 aromatic carbocycles. The molecule has 1 fully saturated rings. The lowest BCUT2D eigenvalue weighted by atomic mass is 9.93. The van der Waals surface area contributed by atoms with Gasteiger partial charge in [-0.15, -0.1) is 0 Å². The van der Waals surface area contributed by atoms with Crippen LogP contribution in [0.1, 0.15) is 5.69 Å². The number of aliphatic hydroxyl groups is 1. The number of methoxy groups -OCH3 is 1. The zero-order chi connectivity index (χ0) is 9.31. The van der Waals surface area contributed by atoms with Crippen molar-refractivity contribution < 1.29 is 9.84 Å². The molecule has 0 spiro atoms. The van der Waals surface area contributed by atoms with Crippen LogP contribution in [0.2, 0.25) is 0 Å². The lowest BCUT2D eigenvalue weighted by Gasteiger charge is -2.36. The first-order valence-electron chi connectivity index (χ1n) is 4.18. The Kier molecular flexibility index (Phi) is 1.94. The van der Waals surface area contributed by atoms with E-state index in [9.17, 15) is 5.11 Å². The van der Waals surface area contributed by atoms with E-state index in [1.807, 2.05) is 0 Å². The largest absolute Gasteiger partial charge is 0.495 e. The second-order valence-electron chi connectivity index (χ2n) is 3.22. The first-order chi connectivity index (χ1) is 6.24. The van der Waals surface area contributed by atoms with Crippen molar-refractivity contribution >= 4 is 0 Å². The molecule has 0 saturated carbocycles. The minimum absolute atomic E-state index is 0.576. The van der Waals surface area contributed by atoms with Crippen LogP contribution in [0.3, 0.4) is 0 Å². The molecular weight excluding hydrogens is 168 g/mol. The van der Waals surface area contributed by atoms with Crippen molar-refractivity contribution in [3.8, 4) is 5.75 Å². The van der Waals surface area contributed by atoms with Gasteiger partial charge in [0.25, 0.3) is 0 Å². The van der Waals surface area contributed by atoms with Crippen molar-refractivity contribution in [3.05, 3.63) is 24.0 Å². The monoisotopic (exact) mass is 180 g/mol. The molecule has 1 saturated heterocycles. The van der Waals surface area contributed by atoms with Crippen molar-refractivity contribution in [1.82, 2.24) is 10.3 Å². The Morgan fingerprint density at radius 2 is 2.31 bits per heavy atom. The maximum Gasteiger partial charge on any atom is 0.137 e. The highest BCUT2D eigenvalue weighted by molar-refractivity contribution is 5.25. The third-order valence-electron chi connectivity index (χ3n) is 2.28. The van der Waals surface area contributed by atoms with Crippen LogP contribution >= 0.6 is 0 Å². The highest BCUT2D eigenvalue weighted by Crippen LogP contribution is 2.24. The molecular formula is C9H12N2O2. The van der Waals surface area contributed by atoms with E-state index >= 15 is 0 Å². The Bertz CT molecular complexity index is 293. The van der Waals surface area contributed by atoms with Crippen molar-refractivity contribution in [2.75, 3.05) is 20.2 Å². The topological polar surface area (TPSA) is 54.4 Å². The number of pyridine rings is 1. The van der Waals surface area contributed by atoms with Gasteiger partial charge in [0, 0.05) is 13.1 Å². The van der Waals surface area contributed by atoms with Crippen molar-refractivity contribution in [2.24, 2.45) is 0 Å². The summed E-state index contributed by atoms with van der Waals surface area (Å²) in [4.78, 5) is 4.13. The van der Waals surface area contributed by atoms with Gasteiger partial charge in [-0.1, -0.05) is 0 Å². The summed E-state index contributed by atoms with van der Waals surface area (Å²) in [5.41, 5.74) is -0.0706. The molecule has 13 heavy (non-hydrogen) atoms. The van der Waals surface area contributed by atoms with E-state index in [-0.39, 0.29) is 0 Å². The van der Waals surface area contributed by atoms with Gasteiger partial charge in [0.15, 0.2) is 0 Å². The second kappa shape index (κ2) is 2.97. The summed E-state index contributed by atoms with van der Waals surface area (Å²) < 4.78 is 4.97. The van der Waals surface area contributed by atoms with Gasteiger partial charge < -0.3 is 15.2 Å². The fraction of sp³-hybridized carbons (Fsp3) is 0.444. The average molecular weight is 180 g/mol.